The van der Waals surface area contributed by atoms with E-state index < -0.39 is 6.04 Å². The van der Waals surface area contributed by atoms with Crippen LogP contribution in [0.1, 0.15) is 28.8 Å². The Labute approximate surface area is 118 Å². The van der Waals surface area contributed by atoms with Crippen LogP contribution in [0.5, 0.6) is 0 Å². The van der Waals surface area contributed by atoms with Crippen LogP contribution in [0.25, 0.3) is 0 Å². The Kier molecular flexibility index (Phi) is 4.84. The lowest BCUT2D eigenvalue weighted by atomic mass is 9.94. The molecule has 20 heavy (non-hydrogen) atoms. The summed E-state index contributed by atoms with van der Waals surface area (Å²) in [5.41, 5.74) is 5.09. The molecular weight excluding hydrogens is 255 g/mol. The first-order valence-electron chi connectivity index (χ1n) is 6.47. The van der Waals surface area contributed by atoms with Crippen molar-refractivity contribution in [1.29, 1.82) is 0 Å². The van der Waals surface area contributed by atoms with Crippen molar-refractivity contribution in [3.63, 3.8) is 0 Å². The number of benzene rings is 2. The number of hydrazine groups is 1. The standard InChI is InChI=1S/C16H19FN2O/c1-11-8-9-14(17)13(10-11)15(19-18)16(20-2)12-6-4-3-5-7-12/h3-10,15-16,19H,18H2,1-2H3. The molecule has 3 nitrogen and oxygen atoms in total. The summed E-state index contributed by atoms with van der Waals surface area (Å²) in [6.07, 6.45) is -0.363. The van der Waals surface area contributed by atoms with Gasteiger partial charge in [-0.3, -0.25) is 5.84 Å². The van der Waals surface area contributed by atoms with Crippen molar-refractivity contribution >= 4 is 0 Å². The highest BCUT2D eigenvalue weighted by Gasteiger charge is 2.26. The highest BCUT2D eigenvalue weighted by atomic mass is 19.1. The average Bonchev–Trinajstić information content (AvgIpc) is 2.48. The Morgan fingerprint density at radius 1 is 1.15 bits per heavy atom. The fraction of sp³-hybridized carbons (Fsp3) is 0.250. The number of methoxy groups -OCH3 is 1. The van der Waals surface area contributed by atoms with Gasteiger partial charge in [-0.25, -0.2) is 9.82 Å². The number of halogens is 1. The molecule has 4 heteroatoms. The summed E-state index contributed by atoms with van der Waals surface area (Å²) < 4.78 is 19.6. The maximum atomic E-state index is 14.1. The molecule has 0 aliphatic carbocycles. The first-order chi connectivity index (χ1) is 9.67. The lowest BCUT2D eigenvalue weighted by molar-refractivity contribution is 0.0664. The van der Waals surface area contributed by atoms with E-state index in [2.05, 4.69) is 5.43 Å². The summed E-state index contributed by atoms with van der Waals surface area (Å²) >= 11 is 0. The van der Waals surface area contributed by atoms with E-state index in [9.17, 15) is 4.39 Å². The molecule has 0 aliphatic rings. The van der Waals surface area contributed by atoms with E-state index in [0.717, 1.165) is 11.1 Å². The van der Waals surface area contributed by atoms with E-state index in [1.54, 1.807) is 19.2 Å². The topological polar surface area (TPSA) is 47.3 Å². The van der Waals surface area contributed by atoms with E-state index in [0.29, 0.717) is 5.56 Å². The summed E-state index contributed by atoms with van der Waals surface area (Å²) in [5, 5.41) is 0. The van der Waals surface area contributed by atoms with Crippen molar-refractivity contribution in [2.75, 3.05) is 7.11 Å². The molecule has 2 aromatic rings. The molecule has 2 unspecified atom stereocenters. The van der Waals surface area contributed by atoms with E-state index in [1.165, 1.54) is 6.07 Å². The average molecular weight is 274 g/mol. The van der Waals surface area contributed by atoms with Crippen molar-refractivity contribution in [2.45, 2.75) is 19.1 Å². The van der Waals surface area contributed by atoms with Gasteiger partial charge in [0.05, 0.1) is 6.04 Å². The predicted molar refractivity (Wildman–Crippen MR) is 77.4 cm³/mol. The van der Waals surface area contributed by atoms with Crippen LogP contribution >= 0.6 is 0 Å². The Balaban J connectivity index is 2.42. The number of hydrogen-bond acceptors (Lipinski definition) is 3. The second-order valence-electron chi connectivity index (χ2n) is 4.74. The minimum Gasteiger partial charge on any atom is -0.375 e. The first kappa shape index (κ1) is 14.7. The number of nitrogens with two attached hydrogens (primary N) is 1. The molecule has 0 amide bonds. The monoisotopic (exact) mass is 274 g/mol. The smallest absolute Gasteiger partial charge is 0.128 e. The first-order valence-corrected chi connectivity index (χ1v) is 6.47. The van der Waals surface area contributed by atoms with E-state index in [-0.39, 0.29) is 11.9 Å². The van der Waals surface area contributed by atoms with Gasteiger partial charge < -0.3 is 4.74 Å². The molecule has 0 spiro atoms. The van der Waals surface area contributed by atoms with Crippen LogP contribution in [-0.2, 0) is 4.74 Å². The SMILES string of the molecule is COC(c1ccccc1)C(NN)c1cc(C)ccc1F. The van der Waals surface area contributed by atoms with Crippen LogP contribution in [0.4, 0.5) is 4.39 Å². The van der Waals surface area contributed by atoms with E-state index in [1.807, 2.05) is 37.3 Å². The van der Waals surface area contributed by atoms with Gasteiger partial charge in [0.1, 0.15) is 11.9 Å². The minimum absolute atomic E-state index is 0.295. The number of rotatable bonds is 5. The zero-order valence-electron chi connectivity index (χ0n) is 11.6. The van der Waals surface area contributed by atoms with Crippen molar-refractivity contribution in [3.8, 4) is 0 Å². The van der Waals surface area contributed by atoms with E-state index >= 15 is 0 Å². The third-order valence-corrected chi connectivity index (χ3v) is 3.35. The van der Waals surface area contributed by atoms with Crippen molar-refractivity contribution in [3.05, 3.63) is 71.0 Å². The quantitative estimate of drug-likeness (QED) is 0.651. The summed E-state index contributed by atoms with van der Waals surface area (Å²) in [6, 6.07) is 14.1. The summed E-state index contributed by atoms with van der Waals surface area (Å²) in [5.74, 6) is 5.35. The maximum Gasteiger partial charge on any atom is 0.128 e. The summed E-state index contributed by atoms with van der Waals surface area (Å²) in [7, 11) is 1.59. The van der Waals surface area contributed by atoms with Gasteiger partial charge >= 0.3 is 0 Å². The minimum atomic E-state index is -0.456. The van der Waals surface area contributed by atoms with Gasteiger partial charge in [-0.15, -0.1) is 0 Å². The molecule has 106 valence electrons. The Hall–Kier alpha value is -1.75. The summed E-state index contributed by atoms with van der Waals surface area (Å²) in [6.45, 7) is 1.92. The molecule has 3 N–H and O–H groups in total. The van der Waals surface area contributed by atoms with Crippen molar-refractivity contribution < 1.29 is 9.13 Å². The molecule has 0 aromatic heterocycles. The third-order valence-electron chi connectivity index (χ3n) is 3.35. The van der Waals surface area contributed by atoms with Crippen LogP contribution in [-0.4, -0.2) is 7.11 Å². The van der Waals surface area contributed by atoms with Gasteiger partial charge in [0.25, 0.3) is 0 Å². The fourth-order valence-electron chi connectivity index (χ4n) is 2.35. The molecule has 2 rings (SSSR count). The van der Waals surface area contributed by atoms with Gasteiger partial charge in [0.15, 0.2) is 0 Å². The van der Waals surface area contributed by atoms with Gasteiger partial charge in [0, 0.05) is 12.7 Å². The van der Waals surface area contributed by atoms with Crippen LogP contribution in [0.15, 0.2) is 48.5 Å². The second-order valence-corrected chi connectivity index (χ2v) is 4.74. The Morgan fingerprint density at radius 3 is 2.45 bits per heavy atom. The second kappa shape index (κ2) is 6.61. The van der Waals surface area contributed by atoms with Crippen LogP contribution in [0.3, 0.4) is 0 Å². The zero-order chi connectivity index (χ0) is 14.5. The number of aryl methyl sites for hydroxylation is 1. The Morgan fingerprint density at radius 2 is 1.85 bits per heavy atom. The highest BCUT2D eigenvalue weighted by Crippen LogP contribution is 2.32. The van der Waals surface area contributed by atoms with Crippen LogP contribution < -0.4 is 11.3 Å². The zero-order valence-corrected chi connectivity index (χ0v) is 11.6. The van der Waals surface area contributed by atoms with Crippen molar-refractivity contribution in [1.82, 2.24) is 5.43 Å². The molecule has 0 aliphatic heterocycles. The van der Waals surface area contributed by atoms with E-state index in [4.69, 9.17) is 10.6 Å². The molecular formula is C16H19FN2O. The number of hydrogen-bond donors (Lipinski definition) is 2. The molecule has 0 heterocycles. The van der Waals surface area contributed by atoms with Gasteiger partial charge in [-0.1, -0.05) is 48.0 Å². The van der Waals surface area contributed by atoms with Gasteiger partial charge in [-0.2, -0.15) is 0 Å². The number of ether oxygens (including phenoxy) is 1. The molecule has 0 fully saturated rings. The molecule has 0 radical (unpaired) electrons. The molecule has 0 saturated carbocycles. The predicted octanol–water partition coefficient (Wildman–Crippen LogP) is 3.03. The lowest BCUT2D eigenvalue weighted by Gasteiger charge is -2.26. The fourth-order valence-corrected chi connectivity index (χ4v) is 2.35. The number of nitrogens with one attached hydrogen (secondary N) is 1. The van der Waals surface area contributed by atoms with Crippen LogP contribution in [0, 0.1) is 12.7 Å². The normalized spacial score (nSPS) is 14.0. The Bertz CT molecular complexity index is 560. The van der Waals surface area contributed by atoms with Gasteiger partial charge in [-0.05, 0) is 18.6 Å². The summed E-state index contributed by atoms with van der Waals surface area (Å²) in [4.78, 5) is 0. The molecule has 2 aromatic carbocycles. The highest BCUT2D eigenvalue weighted by molar-refractivity contribution is 5.30. The van der Waals surface area contributed by atoms with Crippen molar-refractivity contribution in [2.24, 2.45) is 5.84 Å². The largest absolute Gasteiger partial charge is 0.375 e. The molecule has 2 atom stereocenters. The lowest BCUT2D eigenvalue weighted by Crippen LogP contribution is -2.34. The molecule has 0 saturated heterocycles. The molecule has 0 bridgehead atoms. The van der Waals surface area contributed by atoms with Crippen LogP contribution in [0.2, 0.25) is 0 Å². The van der Waals surface area contributed by atoms with Gasteiger partial charge in [0.2, 0.25) is 0 Å². The third kappa shape index (κ3) is 3.04. The maximum absolute atomic E-state index is 14.1.